The number of nitrogens with zero attached hydrogens (tertiary/aromatic N) is 1. The van der Waals surface area contributed by atoms with E-state index in [0.29, 0.717) is 6.54 Å². The molecule has 0 aromatic heterocycles. The van der Waals surface area contributed by atoms with Crippen molar-refractivity contribution in [3.8, 4) is 0 Å². The Labute approximate surface area is 117 Å². The standard InChI is InChI=1S/C16H26N2O/c1-6-18(7-2)15(19)17-12-16(4,5)14-10-8-13(3)9-11-14/h8-11H,6-7,12H2,1-5H3,(H,17,19). The van der Waals surface area contributed by atoms with E-state index in [0.717, 1.165) is 13.1 Å². The summed E-state index contributed by atoms with van der Waals surface area (Å²) in [5.41, 5.74) is 2.45. The molecule has 0 bridgehead atoms. The molecule has 0 saturated heterocycles. The lowest BCUT2D eigenvalue weighted by Gasteiger charge is -2.28. The highest BCUT2D eigenvalue weighted by Crippen LogP contribution is 2.22. The molecule has 0 atom stereocenters. The van der Waals surface area contributed by atoms with Crippen molar-refractivity contribution < 1.29 is 4.79 Å². The summed E-state index contributed by atoms with van der Waals surface area (Å²) in [4.78, 5) is 13.7. The van der Waals surface area contributed by atoms with Gasteiger partial charge in [0.2, 0.25) is 0 Å². The third-order valence-electron chi connectivity index (χ3n) is 3.57. The van der Waals surface area contributed by atoms with Crippen LogP contribution in [0.25, 0.3) is 0 Å². The molecule has 1 rings (SSSR count). The highest BCUT2D eigenvalue weighted by atomic mass is 16.2. The van der Waals surface area contributed by atoms with E-state index in [1.165, 1.54) is 11.1 Å². The van der Waals surface area contributed by atoms with Crippen LogP contribution in [0, 0.1) is 6.92 Å². The normalized spacial score (nSPS) is 11.2. The largest absolute Gasteiger partial charge is 0.337 e. The second kappa shape index (κ2) is 6.60. The molecule has 3 heteroatoms. The van der Waals surface area contributed by atoms with Crippen molar-refractivity contribution >= 4 is 6.03 Å². The molecule has 0 aliphatic heterocycles. The summed E-state index contributed by atoms with van der Waals surface area (Å²) in [6.45, 7) is 12.5. The third kappa shape index (κ3) is 4.27. The highest BCUT2D eigenvalue weighted by molar-refractivity contribution is 5.74. The number of hydrogen-bond donors (Lipinski definition) is 1. The van der Waals surface area contributed by atoms with Crippen LogP contribution in [0.5, 0.6) is 0 Å². The van der Waals surface area contributed by atoms with Gasteiger partial charge in [-0.2, -0.15) is 0 Å². The van der Waals surface area contributed by atoms with Crippen LogP contribution in [-0.4, -0.2) is 30.6 Å². The van der Waals surface area contributed by atoms with Gasteiger partial charge in [0.05, 0.1) is 0 Å². The molecule has 0 aliphatic rings. The van der Waals surface area contributed by atoms with Crippen molar-refractivity contribution in [2.24, 2.45) is 0 Å². The Bertz CT molecular complexity index is 405. The van der Waals surface area contributed by atoms with Gasteiger partial charge >= 0.3 is 6.03 Å². The van der Waals surface area contributed by atoms with Gasteiger partial charge in [0.15, 0.2) is 0 Å². The van der Waals surface area contributed by atoms with Crippen LogP contribution in [0.3, 0.4) is 0 Å². The molecule has 0 saturated carbocycles. The van der Waals surface area contributed by atoms with E-state index in [1.54, 1.807) is 4.90 Å². The molecule has 0 radical (unpaired) electrons. The molecule has 0 fully saturated rings. The number of aryl methyl sites for hydroxylation is 1. The number of benzene rings is 1. The molecule has 0 unspecified atom stereocenters. The molecule has 106 valence electrons. The number of carbonyl (C=O) groups excluding carboxylic acids is 1. The first-order chi connectivity index (χ1) is 8.90. The molecule has 19 heavy (non-hydrogen) atoms. The molecule has 1 N–H and O–H groups in total. The number of hydrogen-bond acceptors (Lipinski definition) is 1. The molecular formula is C16H26N2O. The molecule has 1 aromatic carbocycles. The molecule has 0 aliphatic carbocycles. The van der Waals surface area contributed by atoms with Crippen molar-refractivity contribution in [1.29, 1.82) is 0 Å². The topological polar surface area (TPSA) is 32.3 Å². The van der Waals surface area contributed by atoms with Gasteiger partial charge in [0, 0.05) is 25.0 Å². The van der Waals surface area contributed by atoms with Crippen LogP contribution in [-0.2, 0) is 5.41 Å². The Morgan fingerprint density at radius 3 is 2.16 bits per heavy atom. The van der Waals surface area contributed by atoms with E-state index in [2.05, 4.69) is 50.4 Å². The van der Waals surface area contributed by atoms with Crippen LogP contribution in [0.4, 0.5) is 4.79 Å². The number of rotatable bonds is 5. The van der Waals surface area contributed by atoms with Gasteiger partial charge in [-0.15, -0.1) is 0 Å². The zero-order valence-corrected chi connectivity index (χ0v) is 12.8. The van der Waals surface area contributed by atoms with Gasteiger partial charge in [0.25, 0.3) is 0 Å². The van der Waals surface area contributed by atoms with E-state index < -0.39 is 0 Å². The van der Waals surface area contributed by atoms with Crippen molar-refractivity contribution in [3.63, 3.8) is 0 Å². The molecular weight excluding hydrogens is 236 g/mol. The minimum Gasteiger partial charge on any atom is -0.337 e. The first-order valence-corrected chi connectivity index (χ1v) is 7.00. The quantitative estimate of drug-likeness (QED) is 0.867. The Kier molecular flexibility index (Phi) is 5.40. The maximum Gasteiger partial charge on any atom is 0.317 e. The fourth-order valence-corrected chi connectivity index (χ4v) is 2.03. The number of amides is 2. The predicted molar refractivity (Wildman–Crippen MR) is 80.5 cm³/mol. The van der Waals surface area contributed by atoms with Gasteiger partial charge in [0.1, 0.15) is 0 Å². The van der Waals surface area contributed by atoms with Crippen molar-refractivity contribution in [2.45, 2.75) is 40.0 Å². The molecule has 3 nitrogen and oxygen atoms in total. The van der Waals surface area contributed by atoms with Crippen molar-refractivity contribution in [2.75, 3.05) is 19.6 Å². The minimum absolute atomic E-state index is 0.0187. The van der Waals surface area contributed by atoms with Gasteiger partial charge in [-0.05, 0) is 26.3 Å². The monoisotopic (exact) mass is 262 g/mol. The lowest BCUT2D eigenvalue weighted by Crippen LogP contribution is -2.44. The lowest BCUT2D eigenvalue weighted by molar-refractivity contribution is 0.201. The number of urea groups is 1. The summed E-state index contributed by atoms with van der Waals surface area (Å²) in [6, 6.07) is 8.52. The summed E-state index contributed by atoms with van der Waals surface area (Å²) in [7, 11) is 0. The fraction of sp³-hybridized carbons (Fsp3) is 0.562. The Morgan fingerprint density at radius 2 is 1.68 bits per heavy atom. The van der Waals surface area contributed by atoms with Gasteiger partial charge in [-0.25, -0.2) is 4.79 Å². The molecule has 0 spiro atoms. The summed E-state index contributed by atoms with van der Waals surface area (Å²) >= 11 is 0. The first kappa shape index (κ1) is 15.5. The van der Waals surface area contributed by atoms with Crippen LogP contribution in [0.2, 0.25) is 0 Å². The predicted octanol–water partition coefficient (Wildman–Crippen LogP) is 3.32. The summed E-state index contributed by atoms with van der Waals surface area (Å²) < 4.78 is 0. The van der Waals surface area contributed by atoms with Gasteiger partial charge < -0.3 is 10.2 Å². The Morgan fingerprint density at radius 1 is 1.16 bits per heavy atom. The van der Waals surface area contributed by atoms with E-state index in [9.17, 15) is 4.79 Å². The van der Waals surface area contributed by atoms with E-state index in [4.69, 9.17) is 0 Å². The first-order valence-electron chi connectivity index (χ1n) is 7.00. The van der Waals surface area contributed by atoms with Gasteiger partial charge in [-0.3, -0.25) is 0 Å². The highest BCUT2D eigenvalue weighted by Gasteiger charge is 2.22. The maximum absolute atomic E-state index is 12.0. The van der Waals surface area contributed by atoms with Gasteiger partial charge in [-0.1, -0.05) is 43.7 Å². The summed E-state index contributed by atoms with van der Waals surface area (Å²) in [5.74, 6) is 0. The van der Waals surface area contributed by atoms with Crippen molar-refractivity contribution in [1.82, 2.24) is 10.2 Å². The lowest BCUT2D eigenvalue weighted by atomic mass is 9.84. The van der Waals surface area contributed by atoms with Crippen molar-refractivity contribution in [3.05, 3.63) is 35.4 Å². The van der Waals surface area contributed by atoms with Crippen LogP contribution >= 0.6 is 0 Å². The Hall–Kier alpha value is -1.51. The second-order valence-electron chi connectivity index (χ2n) is 5.58. The number of nitrogens with one attached hydrogen (secondary N) is 1. The summed E-state index contributed by atoms with van der Waals surface area (Å²) in [6.07, 6.45) is 0. The van der Waals surface area contributed by atoms with Crippen LogP contribution in [0.1, 0.15) is 38.8 Å². The van der Waals surface area contributed by atoms with Crippen LogP contribution < -0.4 is 5.32 Å². The zero-order valence-electron chi connectivity index (χ0n) is 12.8. The number of carbonyl (C=O) groups is 1. The van der Waals surface area contributed by atoms with E-state index in [1.807, 2.05) is 13.8 Å². The average Bonchev–Trinajstić information content (AvgIpc) is 2.38. The smallest absolute Gasteiger partial charge is 0.317 e. The van der Waals surface area contributed by atoms with E-state index in [-0.39, 0.29) is 11.4 Å². The molecule has 2 amide bonds. The third-order valence-corrected chi connectivity index (χ3v) is 3.57. The minimum atomic E-state index is -0.0590. The second-order valence-corrected chi connectivity index (χ2v) is 5.58. The fourth-order valence-electron chi connectivity index (χ4n) is 2.03. The molecule has 1 aromatic rings. The Balaban J connectivity index is 2.65. The average molecular weight is 262 g/mol. The zero-order chi connectivity index (χ0) is 14.5. The summed E-state index contributed by atoms with van der Waals surface area (Å²) in [5, 5.41) is 3.02. The maximum atomic E-state index is 12.0. The molecule has 0 heterocycles. The van der Waals surface area contributed by atoms with Crippen LogP contribution in [0.15, 0.2) is 24.3 Å². The SMILES string of the molecule is CCN(CC)C(=O)NCC(C)(C)c1ccc(C)cc1. The van der Waals surface area contributed by atoms with E-state index >= 15 is 0 Å².